The number of oxazole rings is 1. The average molecular weight is 693 g/mol. The molecule has 5 heterocycles. The van der Waals surface area contributed by atoms with E-state index >= 15 is 0 Å². The van der Waals surface area contributed by atoms with Crippen LogP contribution < -0.4 is 11.1 Å². The maximum atomic E-state index is 14.1. The van der Waals surface area contributed by atoms with Gasteiger partial charge in [-0.1, -0.05) is 24.3 Å². The SMILES string of the molecule is Cc1cc(C[C@@H](OC(=O)N2CCC(N3CCc4ccccc4NC3=O)CC2)C(=O)N2CCC(N3CCS(=O)CC3)CC2)cc2oc(=O)[nH]c12. The number of nitrogens with one attached hydrogen (secondary N) is 2. The molecule has 0 bridgehead atoms. The first-order valence-corrected chi connectivity index (χ1v) is 18.8. The van der Waals surface area contributed by atoms with Crippen LogP contribution in [0, 0.1) is 6.92 Å². The number of fused-ring (bicyclic) bond motifs is 2. The van der Waals surface area contributed by atoms with Crippen molar-refractivity contribution < 1.29 is 27.7 Å². The van der Waals surface area contributed by atoms with Crippen molar-refractivity contribution in [1.29, 1.82) is 0 Å². The molecule has 4 aliphatic heterocycles. The number of H-pyrrole nitrogens is 1. The van der Waals surface area contributed by atoms with Crippen LogP contribution in [0.4, 0.5) is 15.3 Å². The molecule has 3 fully saturated rings. The summed E-state index contributed by atoms with van der Waals surface area (Å²) in [4.78, 5) is 63.1. The number of anilines is 1. The third-order valence-corrected chi connectivity index (χ3v) is 11.8. The number of urea groups is 1. The van der Waals surface area contributed by atoms with Crippen LogP contribution in [0.5, 0.6) is 0 Å². The number of hydrogen-bond donors (Lipinski definition) is 2. The Hall–Kier alpha value is -4.17. The van der Waals surface area contributed by atoms with Crippen LogP contribution in [0.3, 0.4) is 0 Å². The minimum atomic E-state index is -1.06. The fourth-order valence-electron chi connectivity index (χ4n) is 7.77. The van der Waals surface area contributed by atoms with Crippen molar-refractivity contribution in [3.8, 4) is 0 Å². The lowest BCUT2D eigenvalue weighted by Crippen LogP contribution is -2.53. The molecule has 3 saturated heterocycles. The average Bonchev–Trinajstić information content (AvgIpc) is 3.40. The predicted molar refractivity (Wildman–Crippen MR) is 185 cm³/mol. The number of likely N-dealkylation sites (tertiary alicyclic amines) is 2. The number of aryl methyl sites for hydroxylation is 1. The number of para-hydroxylation sites is 1. The fourth-order valence-corrected chi connectivity index (χ4v) is 8.85. The van der Waals surface area contributed by atoms with E-state index < -0.39 is 28.8 Å². The third kappa shape index (κ3) is 7.40. The first-order valence-electron chi connectivity index (χ1n) is 17.3. The van der Waals surface area contributed by atoms with E-state index in [9.17, 15) is 23.4 Å². The van der Waals surface area contributed by atoms with Crippen LogP contribution in [0.15, 0.2) is 45.6 Å². The second kappa shape index (κ2) is 14.4. The van der Waals surface area contributed by atoms with Gasteiger partial charge in [0.15, 0.2) is 11.7 Å². The summed E-state index contributed by atoms with van der Waals surface area (Å²) >= 11 is 0. The largest absolute Gasteiger partial charge is 0.436 e. The number of aromatic nitrogens is 1. The zero-order valence-electron chi connectivity index (χ0n) is 27.9. The Labute approximate surface area is 287 Å². The van der Waals surface area contributed by atoms with Crippen molar-refractivity contribution in [1.82, 2.24) is 24.6 Å². The van der Waals surface area contributed by atoms with Gasteiger partial charge in [-0.05, 0) is 67.9 Å². The van der Waals surface area contributed by atoms with Crippen molar-refractivity contribution in [3.63, 3.8) is 0 Å². The number of aromatic amines is 1. The predicted octanol–water partition coefficient (Wildman–Crippen LogP) is 3.09. The summed E-state index contributed by atoms with van der Waals surface area (Å²) < 4.78 is 23.2. The first-order chi connectivity index (χ1) is 23.7. The normalized spacial score (nSPS) is 20.9. The van der Waals surface area contributed by atoms with Crippen molar-refractivity contribution >= 4 is 45.6 Å². The Morgan fingerprint density at radius 2 is 1.63 bits per heavy atom. The summed E-state index contributed by atoms with van der Waals surface area (Å²) in [5, 5.41) is 3.03. The summed E-state index contributed by atoms with van der Waals surface area (Å²) in [5.41, 5.74) is 4.46. The molecule has 3 aromatic rings. The molecular formula is C35H44N6O7S. The summed E-state index contributed by atoms with van der Waals surface area (Å²) in [6, 6.07) is 11.6. The smallest absolute Gasteiger partial charge is 0.417 e. The van der Waals surface area contributed by atoms with Crippen molar-refractivity contribution in [2.75, 3.05) is 62.6 Å². The highest BCUT2D eigenvalue weighted by Crippen LogP contribution is 2.26. The van der Waals surface area contributed by atoms with E-state index in [-0.39, 0.29) is 24.4 Å². The molecule has 1 atom stereocenters. The van der Waals surface area contributed by atoms with E-state index in [2.05, 4.69) is 15.2 Å². The lowest BCUT2D eigenvalue weighted by atomic mass is 10.00. The van der Waals surface area contributed by atoms with Gasteiger partial charge in [0.05, 0.1) is 5.52 Å². The highest BCUT2D eigenvalue weighted by Gasteiger charge is 2.36. The molecule has 7 rings (SSSR count). The van der Waals surface area contributed by atoms with E-state index in [4.69, 9.17) is 9.15 Å². The summed E-state index contributed by atoms with van der Waals surface area (Å²) in [6.45, 7) is 6.01. The molecule has 14 heteroatoms. The lowest BCUT2D eigenvalue weighted by molar-refractivity contribution is -0.142. The van der Waals surface area contributed by atoms with E-state index in [1.165, 1.54) is 0 Å². The third-order valence-electron chi connectivity index (χ3n) is 10.5. The van der Waals surface area contributed by atoms with Crippen molar-refractivity contribution in [2.45, 2.75) is 63.6 Å². The molecule has 4 amide bonds. The monoisotopic (exact) mass is 692 g/mol. The Morgan fingerprint density at radius 3 is 2.39 bits per heavy atom. The van der Waals surface area contributed by atoms with Gasteiger partial charge in [0.2, 0.25) is 0 Å². The van der Waals surface area contributed by atoms with Gasteiger partial charge in [-0.2, -0.15) is 0 Å². The Bertz CT molecular complexity index is 1780. The maximum Gasteiger partial charge on any atom is 0.417 e. The van der Waals surface area contributed by atoms with E-state index in [0.29, 0.717) is 74.2 Å². The topological polar surface area (TPSA) is 148 Å². The van der Waals surface area contributed by atoms with Gasteiger partial charge in [-0.25, -0.2) is 14.4 Å². The van der Waals surface area contributed by atoms with Gasteiger partial charge in [0, 0.05) is 92.3 Å². The maximum absolute atomic E-state index is 14.1. The van der Waals surface area contributed by atoms with Gasteiger partial charge in [-0.15, -0.1) is 0 Å². The number of piperidine rings is 2. The Balaban J connectivity index is 1.01. The minimum absolute atomic E-state index is 0.0114. The molecule has 2 aromatic carbocycles. The number of carbonyl (C=O) groups is 3. The first kappa shape index (κ1) is 33.3. The number of hydrogen-bond acceptors (Lipinski definition) is 8. The molecule has 0 saturated carbocycles. The summed E-state index contributed by atoms with van der Waals surface area (Å²) in [6.07, 6.45) is 2.12. The molecule has 0 spiro atoms. The van der Waals surface area contributed by atoms with Gasteiger partial charge in [0.1, 0.15) is 0 Å². The molecule has 262 valence electrons. The Kier molecular flexibility index (Phi) is 9.77. The standard InChI is InChI=1S/C35H44N6O7S/c1-23-20-24(21-29-31(23)37-34(44)47-29)22-30(32(42)39-11-7-26(8-12-39)38-16-18-49(46)19-17-38)48-35(45)40-13-9-27(10-14-40)41-15-6-25-4-2-3-5-28(25)36-33(41)43/h2-5,20-21,26-27,30H,6-19,22H2,1H3,(H,36,43)(H,37,44)/t30-/m1/s1. The summed E-state index contributed by atoms with van der Waals surface area (Å²) in [7, 11) is -0.741. The van der Waals surface area contributed by atoms with Crippen LogP contribution in [0.25, 0.3) is 11.1 Å². The van der Waals surface area contributed by atoms with Crippen LogP contribution in [-0.2, 0) is 33.2 Å². The lowest BCUT2D eigenvalue weighted by Gasteiger charge is -2.41. The molecule has 0 radical (unpaired) electrons. The van der Waals surface area contributed by atoms with Crippen LogP contribution in [0.2, 0.25) is 0 Å². The Morgan fingerprint density at radius 1 is 0.939 bits per heavy atom. The number of rotatable bonds is 6. The quantitative estimate of drug-likeness (QED) is 0.401. The highest BCUT2D eigenvalue weighted by molar-refractivity contribution is 7.85. The molecule has 0 aliphatic carbocycles. The van der Waals surface area contributed by atoms with Gasteiger partial charge < -0.3 is 29.2 Å². The van der Waals surface area contributed by atoms with Gasteiger partial charge >= 0.3 is 17.9 Å². The fraction of sp³-hybridized carbons (Fsp3) is 0.543. The molecule has 0 unspecified atom stereocenters. The highest BCUT2D eigenvalue weighted by atomic mass is 32.2. The molecular weight excluding hydrogens is 648 g/mol. The minimum Gasteiger partial charge on any atom is -0.436 e. The van der Waals surface area contributed by atoms with Crippen molar-refractivity contribution in [2.24, 2.45) is 0 Å². The number of benzene rings is 2. The molecule has 13 nitrogen and oxygen atoms in total. The van der Waals surface area contributed by atoms with E-state index in [1.807, 2.05) is 42.2 Å². The van der Waals surface area contributed by atoms with Crippen LogP contribution in [-0.4, -0.2) is 122 Å². The number of nitrogens with zero attached hydrogens (tertiary/aromatic N) is 4. The van der Waals surface area contributed by atoms with Gasteiger partial charge in [-0.3, -0.25) is 18.9 Å². The number of carbonyl (C=O) groups excluding carboxylic acids is 3. The molecule has 4 aliphatic rings. The zero-order chi connectivity index (χ0) is 34.1. The summed E-state index contributed by atoms with van der Waals surface area (Å²) in [5.74, 6) is 0.593. The number of ether oxygens (including phenoxy) is 1. The molecule has 49 heavy (non-hydrogen) atoms. The van der Waals surface area contributed by atoms with Crippen LogP contribution in [0.1, 0.15) is 42.4 Å². The van der Waals surface area contributed by atoms with E-state index in [1.54, 1.807) is 15.9 Å². The number of amides is 4. The van der Waals surface area contributed by atoms with Gasteiger partial charge in [0.25, 0.3) is 5.91 Å². The van der Waals surface area contributed by atoms with E-state index in [0.717, 1.165) is 54.7 Å². The second-order valence-electron chi connectivity index (χ2n) is 13.6. The van der Waals surface area contributed by atoms with Crippen LogP contribution >= 0.6 is 0 Å². The van der Waals surface area contributed by atoms with Crippen molar-refractivity contribution in [3.05, 3.63) is 63.6 Å². The molecule has 1 aromatic heterocycles. The molecule has 2 N–H and O–H groups in total. The second-order valence-corrected chi connectivity index (χ2v) is 15.3. The zero-order valence-corrected chi connectivity index (χ0v) is 28.7.